The van der Waals surface area contributed by atoms with Crippen molar-refractivity contribution in [3.05, 3.63) is 6.61 Å². The van der Waals surface area contributed by atoms with E-state index in [4.69, 9.17) is 14.2 Å². The summed E-state index contributed by atoms with van der Waals surface area (Å²) in [6.45, 7) is 3.36. The van der Waals surface area contributed by atoms with E-state index in [9.17, 15) is 0 Å². The number of hydrogen-bond acceptors (Lipinski definition) is 3. The Morgan fingerprint density at radius 2 is 1.89 bits per heavy atom. The van der Waals surface area contributed by atoms with Crippen LogP contribution in [0.1, 0.15) is 0 Å². The minimum Gasteiger partial charge on any atom is -0.382 e. The van der Waals surface area contributed by atoms with Crippen molar-refractivity contribution in [2.24, 2.45) is 0 Å². The standard InChI is InChI=1S/C6H13O3/c1-7-3-5-9-6-4-8-2/h5H,3-4,6H2,1-2H3. The van der Waals surface area contributed by atoms with Gasteiger partial charge in [-0.15, -0.1) is 0 Å². The lowest BCUT2D eigenvalue weighted by Gasteiger charge is -1.99. The van der Waals surface area contributed by atoms with Gasteiger partial charge in [-0.05, 0) is 0 Å². The van der Waals surface area contributed by atoms with Crippen molar-refractivity contribution in [3.63, 3.8) is 0 Å². The summed E-state index contributed by atoms with van der Waals surface area (Å²) >= 11 is 0. The number of hydrogen-bond donors (Lipinski definition) is 0. The Labute approximate surface area is 55.9 Å². The lowest BCUT2D eigenvalue weighted by atomic mass is 10.7. The molecule has 9 heavy (non-hydrogen) atoms. The Hall–Kier alpha value is -0.120. The molecule has 0 atom stereocenters. The average molecular weight is 133 g/mol. The second-order valence-corrected chi connectivity index (χ2v) is 1.49. The molecule has 0 saturated carbocycles. The number of methoxy groups -OCH3 is 2. The molecule has 0 aromatic heterocycles. The first-order chi connectivity index (χ1) is 4.41. The average Bonchev–Trinajstić information content (AvgIpc) is 1.89. The Balaban J connectivity index is 2.60. The Kier molecular flexibility index (Phi) is 7.77. The van der Waals surface area contributed by atoms with E-state index in [1.807, 2.05) is 0 Å². The molecule has 0 fully saturated rings. The Bertz CT molecular complexity index is 41.6. The SMILES string of the molecule is COC[CH]OCCOC. The highest BCUT2D eigenvalue weighted by molar-refractivity contribution is 4.44. The third-order valence-corrected chi connectivity index (χ3v) is 0.758. The highest BCUT2D eigenvalue weighted by Gasteiger charge is 1.85. The van der Waals surface area contributed by atoms with Crippen LogP contribution in [0.15, 0.2) is 0 Å². The monoisotopic (exact) mass is 133 g/mol. The van der Waals surface area contributed by atoms with Crippen LogP contribution in [0.2, 0.25) is 0 Å². The molecule has 0 heterocycles. The van der Waals surface area contributed by atoms with Crippen LogP contribution in [-0.2, 0) is 14.2 Å². The van der Waals surface area contributed by atoms with Gasteiger partial charge in [-0.1, -0.05) is 0 Å². The molecule has 0 aromatic rings. The van der Waals surface area contributed by atoms with E-state index in [0.29, 0.717) is 19.8 Å². The first-order valence-corrected chi connectivity index (χ1v) is 2.83. The minimum atomic E-state index is 0.531. The van der Waals surface area contributed by atoms with Crippen molar-refractivity contribution < 1.29 is 14.2 Å². The van der Waals surface area contributed by atoms with Crippen LogP contribution < -0.4 is 0 Å². The molecule has 0 spiro atoms. The molecule has 0 bridgehead atoms. The molecule has 3 nitrogen and oxygen atoms in total. The van der Waals surface area contributed by atoms with Crippen molar-refractivity contribution in [2.45, 2.75) is 0 Å². The molecular weight excluding hydrogens is 120 g/mol. The van der Waals surface area contributed by atoms with Gasteiger partial charge in [0.2, 0.25) is 0 Å². The molecule has 0 saturated heterocycles. The maximum absolute atomic E-state index is 4.94. The van der Waals surface area contributed by atoms with Crippen LogP contribution in [0.3, 0.4) is 0 Å². The molecule has 3 heteroatoms. The summed E-state index contributed by atoms with van der Waals surface area (Å²) in [6, 6.07) is 0. The topological polar surface area (TPSA) is 27.7 Å². The van der Waals surface area contributed by atoms with Gasteiger partial charge < -0.3 is 14.2 Å². The van der Waals surface area contributed by atoms with Crippen LogP contribution in [0.25, 0.3) is 0 Å². The molecule has 0 aromatic carbocycles. The molecule has 0 amide bonds. The smallest absolute Gasteiger partial charge is 0.109 e. The van der Waals surface area contributed by atoms with Gasteiger partial charge in [-0.2, -0.15) is 0 Å². The van der Waals surface area contributed by atoms with E-state index in [1.54, 1.807) is 20.8 Å². The van der Waals surface area contributed by atoms with Crippen LogP contribution in [-0.4, -0.2) is 34.0 Å². The summed E-state index contributed by atoms with van der Waals surface area (Å²) in [5, 5.41) is 0. The second kappa shape index (κ2) is 7.88. The maximum Gasteiger partial charge on any atom is 0.109 e. The fourth-order valence-corrected chi connectivity index (χ4v) is 0.331. The molecule has 1 radical (unpaired) electrons. The molecule has 0 aliphatic heterocycles. The second-order valence-electron chi connectivity index (χ2n) is 1.49. The van der Waals surface area contributed by atoms with Gasteiger partial charge in [0.05, 0.1) is 19.8 Å². The number of ether oxygens (including phenoxy) is 3. The van der Waals surface area contributed by atoms with Crippen LogP contribution in [0.5, 0.6) is 0 Å². The van der Waals surface area contributed by atoms with Crippen LogP contribution >= 0.6 is 0 Å². The van der Waals surface area contributed by atoms with Crippen molar-refractivity contribution in [2.75, 3.05) is 34.0 Å². The summed E-state index contributed by atoms with van der Waals surface area (Å²) in [4.78, 5) is 0. The zero-order chi connectivity index (χ0) is 6.95. The fraction of sp³-hybridized carbons (Fsp3) is 0.833. The quantitative estimate of drug-likeness (QED) is 0.492. The summed E-state index contributed by atoms with van der Waals surface area (Å²) in [7, 11) is 3.26. The van der Waals surface area contributed by atoms with Gasteiger partial charge in [0.1, 0.15) is 6.61 Å². The first-order valence-electron chi connectivity index (χ1n) is 2.83. The highest BCUT2D eigenvalue weighted by atomic mass is 16.5. The van der Waals surface area contributed by atoms with E-state index in [1.165, 1.54) is 0 Å². The molecule has 0 unspecified atom stereocenters. The molecule has 55 valence electrons. The minimum absolute atomic E-state index is 0.531. The summed E-state index contributed by atoms with van der Waals surface area (Å²) < 4.78 is 14.4. The van der Waals surface area contributed by atoms with Gasteiger partial charge in [-0.3, -0.25) is 0 Å². The molecule has 0 N–H and O–H groups in total. The fourth-order valence-electron chi connectivity index (χ4n) is 0.331. The Morgan fingerprint density at radius 1 is 1.11 bits per heavy atom. The first kappa shape index (κ1) is 8.88. The predicted octanol–water partition coefficient (Wildman–Crippen LogP) is 0.458. The third-order valence-electron chi connectivity index (χ3n) is 0.758. The predicted molar refractivity (Wildman–Crippen MR) is 34.0 cm³/mol. The van der Waals surface area contributed by atoms with Gasteiger partial charge >= 0.3 is 0 Å². The largest absolute Gasteiger partial charge is 0.382 e. The van der Waals surface area contributed by atoms with E-state index >= 15 is 0 Å². The normalized spacial score (nSPS) is 10.0. The van der Waals surface area contributed by atoms with E-state index in [-0.39, 0.29) is 0 Å². The van der Waals surface area contributed by atoms with Gasteiger partial charge in [0, 0.05) is 14.2 Å². The lowest BCUT2D eigenvalue weighted by Crippen LogP contribution is -2.02. The molecule has 0 aliphatic carbocycles. The maximum atomic E-state index is 4.94. The van der Waals surface area contributed by atoms with Gasteiger partial charge in [0.15, 0.2) is 0 Å². The molecule has 0 aliphatic rings. The summed E-state index contributed by atoms with van der Waals surface area (Å²) in [6.07, 6.45) is 0. The van der Waals surface area contributed by atoms with Crippen molar-refractivity contribution in [1.82, 2.24) is 0 Å². The summed E-state index contributed by atoms with van der Waals surface area (Å²) in [5.74, 6) is 0. The van der Waals surface area contributed by atoms with Gasteiger partial charge in [0.25, 0.3) is 0 Å². The Morgan fingerprint density at radius 3 is 2.44 bits per heavy atom. The van der Waals surface area contributed by atoms with Crippen LogP contribution in [0, 0.1) is 6.61 Å². The van der Waals surface area contributed by atoms with E-state index in [0.717, 1.165) is 0 Å². The highest BCUT2D eigenvalue weighted by Crippen LogP contribution is 1.81. The van der Waals surface area contributed by atoms with Gasteiger partial charge in [-0.25, -0.2) is 0 Å². The molecular formula is C6H13O3. The summed E-state index contributed by atoms with van der Waals surface area (Å²) in [5.41, 5.74) is 0. The molecule has 0 rings (SSSR count). The van der Waals surface area contributed by atoms with E-state index < -0.39 is 0 Å². The van der Waals surface area contributed by atoms with Crippen molar-refractivity contribution in [3.8, 4) is 0 Å². The number of rotatable bonds is 6. The van der Waals surface area contributed by atoms with Crippen LogP contribution in [0.4, 0.5) is 0 Å². The zero-order valence-electron chi connectivity index (χ0n) is 5.92. The van der Waals surface area contributed by atoms with E-state index in [2.05, 4.69) is 0 Å². The van der Waals surface area contributed by atoms with Crippen molar-refractivity contribution >= 4 is 0 Å². The zero-order valence-corrected chi connectivity index (χ0v) is 5.92. The van der Waals surface area contributed by atoms with Crippen molar-refractivity contribution in [1.29, 1.82) is 0 Å². The lowest BCUT2D eigenvalue weighted by molar-refractivity contribution is 0.0772. The third kappa shape index (κ3) is 7.88.